The van der Waals surface area contributed by atoms with E-state index in [1.165, 1.54) is 12.0 Å². The van der Waals surface area contributed by atoms with Crippen molar-refractivity contribution in [1.82, 2.24) is 15.3 Å². The second kappa shape index (κ2) is 10.1. The standard InChI is InChI=1S/C29H29N3O2/c1-20-24(11-6-12-27(20)34-23-9-4-3-5-10-23)29-25-16-22(14-13-21-8-7-15-30-18-21)28(33-2)17-26(25)31-19-32-29/h3-5,9-10,12,16-17,19,21,30H,6-8,11,15,18H2,1-2H3. The molecule has 1 unspecified atom stereocenters. The van der Waals surface area contributed by atoms with E-state index in [2.05, 4.69) is 41.2 Å². The predicted octanol–water partition coefficient (Wildman–Crippen LogP) is 5.52. The molecular formula is C29H29N3O2. The van der Waals surface area contributed by atoms with E-state index in [-0.39, 0.29) is 0 Å². The third-order valence-corrected chi connectivity index (χ3v) is 6.47. The zero-order valence-electron chi connectivity index (χ0n) is 19.7. The number of aromatic nitrogens is 2. The van der Waals surface area contributed by atoms with Crippen molar-refractivity contribution >= 4 is 16.5 Å². The number of rotatable bonds is 4. The Hall–Kier alpha value is -3.62. The van der Waals surface area contributed by atoms with Gasteiger partial charge in [0.2, 0.25) is 0 Å². The molecule has 1 N–H and O–H groups in total. The molecule has 5 heteroatoms. The van der Waals surface area contributed by atoms with Crippen LogP contribution in [0.3, 0.4) is 0 Å². The molecule has 0 bridgehead atoms. The minimum Gasteiger partial charge on any atom is -0.495 e. The first-order valence-electron chi connectivity index (χ1n) is 11.9. The average Bonchev–Trinajstić information content (AvgIpc) is 2.89. The van der Waals surface area contributed by atoms with Gasteiger partial charge in [0, 0.05) is 23.9 Å². The lowest BCUT2D eigenvalue weighted by Gasteiger charge is -2.20. The summed E-state index contributed by atoms with van der Waals surface area (Å²) in [6, 6.07) is 14.0. The lowest BCUT2D eigenvalue weighted by molar-refractivity contribution is 0.414. The predicted molar refractivity (Wildman–Crippen MR) is 136 cm³/mol. The van der Waals surface area contributed by atoms with Crippen molar-refractivity contribution < 1.29 is 9.47 Å². The Morgan fingerprint density at radius 2 is 2.00 bits per heavy atom. The van der Waals surface area contributed by atoms with Crippen LogP contribution in [-0.2, 0) is 0 Å². The largest absolute Gasteiger partial charge is 0.495 e. The topological polar surface area (TPSA) is 56.3 Å². The molecule has 2 aromatic carbocycles. The number of nitrogens with one attached hydrogen (secondary N) is 1. The first-order valence-corrected chi connectivity index (χ1v) is 11.9. The maximum absolute atomic E-state index is 6.21. The molecule has 1 aromatic heterocycles. The Morgan fingerprint density at radius 3 is 2.79 bits per heavy atom. The molecule has 1 atom stereocenters. The normalized spacial score (nSPS) is 18.2. The summed E-state index contributed by atoms with van der Waals surface area (Å²) in [6.07, 6.45) is 7.89. The fourth-order valence-electron chi connectivity index (χ4n) is 4.61. The van der Waals surface area contributed by atoms with Gasteiger partial charge in [0.15, 0.2) is 0 Å². The lowest BCUT2D eigenvalue weighted by atomic mass is 9.92. The van der Waals surface area contributed by atoms with E-state index >= 15 is 0 Å². The molecule has 172 valence electrons. The van der Waals surface area contributed by atoms with E-state index < -0.39 is 0 Å². The Morgan fingerprint density at radius 1 is 1.12 bits per heavy atom. The Balaban J connectivity index is 1.55. The third kappa shape index (κ3) is 4.69. The van der Waals surface area contributed by atoms with Crippen LogP contribution in [0, 0.1) is 17.8 Å². The van der Waals surface area contributed by atoms with Gasteiger partial charge in [0.25, 0.3) is 0 Å². The molecule has 2 aliphatic rings. The van der Waals surface area contributed by atoms with Crippen molar-refractivity contribution in [1.29, 1.82) is 0 Å². The fraction of sp³-hybridized carbons (Fsp3) is 0.310. The SMILES string of the molecule is COc1cc2ncnc(C3=C(C)C(Oc4ccccc4)=CCC3)c2cc1C#CC1CCCNC1. The summed E-state index contributed by atoms with van der Waals surface area (Å²) in [5.41, 5.74) is 4.96. The summed E-state index contributed by atoms with van der Waals surface area (Å²) in [4.78, 5) is 9.25. The zero-order chi connectivity index (χ0) is 23.3. The smallest absolute Gasteiger partial charge is 0.136 e. The van der Waals surface area contributed by atoms with Gasteiger partial charge in [-0.1, -0.05) is 30.0 Å². The van der Waals surface area contributed by atoms with Gasteiger partial charge >= 0.3 is 0 Å². The van der Waals surface area contributed by atoms with Crippen LogP contribution in [0.2, 0.25) is 0 Å². The van der Waals surface area contributed by atoms with Gasteiger partial charge in [-0.3, -0.25) is 0 Å². The van der Waals surface area contributed by atoms with Crippen LogP contribution >= 0.6 is 0 Å². The molecule has 2 heterocycles. The maximum atomic E-state index is 6.21. The summed E-state index contributed by atoms with van der Waals surface area (Å²) in [6.45, 7) is 4.13. The quantitative estimate of drug-likeness (QED) is 0.530. The third-order valence-electron chi connectivity index (χ3n) is 6.47. The molecule has 0 amide bonds. The van der Waals surface area contributed by atoms with Gasteiger partial charge < -0.3 is 14.8 Å². The van der Waals surface area contributed by atoms with E-state index in [0.29, 0.717) is 5.92 Å². The fourth-order valence-corrected chi connectivity index (χ4v) is 4.61. The van der Waals surface area contributed by atoms with Crippen molar-refractivity contribution in [2.75, 3.05) is 20.2 Å². The molecule has 0 saturated carbocycles. The summed E-state index contributed by atoms with van der Waals surface area (Å²) in [5, 5.41) is 4.42. The Kier molecular flexibility index (Phi) is 6.60. The van der Waals surface area contributed by atoms with Crippen molar-refractivity contribution in [3.8, 4) is 23.3 Å². The highest BCUT2D eigenvalue weighted by Gasteiger charge is 2.20. The number of ether oxygens (including phenoxy) is 2. The molecule has 34 heavy (non-hydrogen) atoms. The van der Waals surface area contributed by atoms with Crippen molar-refractivity contribution in [2.45, 2.75) is 32.6 Å². The molecule has 1 saturated heterocycles. The van der Waals surface area contributed by atoms with E-state index in [0.717, 1.165) is 77.3 Å². The molecule has 5 rings (SSSR count). The molecule has 1 fully saturated rings. The Bertz CT molecular complexity index is 1310. The number of allylic oxidation sites excluding steroid dienone is 3. The number of piperidine rings is 1. The van der Waals surface area contributed by atoms with Crippen molar-refractivity contribution in [2.24, 2.45) is 5.92 Å². The highest BCUT2D eigenvalue weighted by Crippen LogP contribution is 2.36. The molecule has 3 aromatic rings. The van der Waals surface area contributed by atoms with Gasteiger partial charge in [-0.25, -0.2) is 9.97 Å². The number of fused-ring (bicyclic) bond motifs is 1. The highest BCUT2D eigenvalue weighted by atomic mass is 16.5. The van der Waals surface area contributed by atoms with Gasteiger partial charge in [-0.05, 0) is 74.6 Å². The zero-order valence-corrected chi connectivity index (χ0v) is 19.7. The van der Waals surface area contributed by atoms with Gasteiger partial charge in [0.05, 0.1) is 23.9 Å². The van der Waals surface area contributed by atoms with Crippen LogP contribution in [0.5, 0.6) is 11.5 Å². The van der Waals surface area contributed by atoms with E-state index in [1.54, 1.807) is 13.4 Å². The van der Waals surface area contributed by atoms with E-state index in [1.807, 2.05) is 36.4 Å². The summed E-state index contributed by atoms with van der Waals surface area (Å²) in [7, 11) is 1.68. The van der Waals surface area contributed by atoms with Crippen LogP contribution in [0.15, 0.2) is 66.2 Å². The molecule has 5 nitrogen and oxygen atoms in total. The molecule has 0 spiro atoms. The van der Waals surface area contributed by atoms with E-state index in [9.17, 15) is 0 Å². The number of hydrogen-bond acceptors (Lipinski definition) is 5. The summed E-state index contributed by atoms with van der Waals surface area (Å²) >= 11 is 0. The minimum atomic E-state index is 0.367. The van der Waals surface area contributed by atoms with Crippen LogP contribution in [0.1, 0.15) is 43.9 Å². The lowest BCUT2D eigenvalue weighted by Crippen LogP contribution is -2.28. The number of nitrogens with zero attached hydrogens (tertiary/aromatic N) is 2. The first-order chi connectivity index (χ1) is 16.7. The second-order valence-corrected chi connectivity index (χ2v) is 8.73. The monoisotopic (exact) mass is 451 g/mol. The van der Waals surface area contributed by atoms with Gasteiger partial charge in [-0.15, -0.1) is 0 Å². The summed E-state index contributed by atoms with van der Waals surface area (Å²) in [5.74, 6) is 9.67. The highest BCUT2D eigenvalue weighted by molar-refractivity contribution is 5.93. The second-order valence-electron chi connectivity index (χ2n) is 8.73. The average molecular weight is 452 g/mol. The number of hydrogen-bond donors (Lipinski definition) is 1. The number of methoxy groups -OCH3 is 1. The number of para-hydroxylation sites is 1. The van der Waals surface area contributed by atoms with Crippen LogP contribution in [-0.4, -0.2) is 30.2 Å². The van der Waals surface area contributed by atoms with Crippen LogP contribution in [0.25, 0.3) is 16.5 Å². The summed E-state index contributed by atoms with van der Waals surface area (Å²) < 4.78 is 11.9. The first kappa shape index (κ1) is 22.2. The van der Waals surface area contributed by atoms with Crippen LogP contribution < -0.4 is 14.8 Å². The molecule has 1 aliphatic carbocycles. The Labute approximate surface area is 200 Å². The maximum Gasteiger partial charge on any atom is 0.136 e. The molecule has 1 aliphatic heterocycles. The molecular weight excluding hydrogens is 422 g/mol. The minimum absolute atomic E-state index is 0.367. The van der Waals surface area contributed by atoms with Crippen molar-refractivity contribution in [3.63, 3.8) is 0 Å². The number of benzene rings is 2. The van der Waals surface area contributed by atoms with Crippen LogP contribution in [0.4, 0.5) is 0 Å². The molecule has 0 radical (unpaired) electrons. The van der Waals surface area contributed by atoms with Crippen molar-refractivity contribution in [3.05, 3.63) is 77.5 Å². The van der Waals surface area contributed by atoms with Gasteiger partial charge in [-0.2, -0.15) is 0 Å². The van der Waals surface area contributed by atoms with E-state index in [4.69, 9.17) is 14.5 Å². The van der Waals surface area contributed by atoms with Gasteiger partial charge in [0.1, 0.15) is 23.6 Å².